The highest BCUT2D eigenvalue weighted by Crippen LogP contribution is 2.31. The lowest BCUT2D eigenvalue weighted by Gasteiger charge is -2.17. The first kappa shape index (κ1) is 10.8. The third kappa shape index (κ3) is 2.07. The van der Waals surface area contributed by atoms with Gasteiger partial charge in [-0.15, -0.1) is 0 Å². The minimum Gasteiger partial charge on any atom is -0.368 e. The van der Waals surface area contributed by atoms with Gasteiger partial charge in [-0.3, -0.25) is 4.79 Å². The van der Waals surface area contributed by atoms with Crippen molar-refractivity contribution in [3.8, 4) is 0 Å². The minimum atomic E-state index is -0.220. The van der Waals surface area contributed by atoms with Crippen molar-refractivity contribution < 1.29 is 9.53 Å². The monoisotopic (exact) mass is 231 g/mol. The van der Waals surface area contributed by atoms with Crippen molar-refractivity contribution in [1.82, 2.24) is 5.32 Å². The molecule has 1 aromatic rings. The lowest BCUT2D eigenvalue weighted by Crippen LogP contribution is -2.36. The lowest BCUT2D eigenvalue weighted by atomic mass is 10.1. The third-order valence-corrected chi connectivity index (χ3v) is 3.67. The highest BCUT2D eigenvalue weighted by atomic mass is 16.5. The maximum Gasteiger partial charge on any atom is 0.249 e. The van der Waals surface area contributed by atoms with Crippen LogP contribution in [-0.4, -0.2) is 18.6 Å². The molecule has 1 aromatic carbocycles. The number of carbonyl (C=O) groups excluding carboxylic acids is 1. The van der Waals surface area contributed by atoms with Crippen molar-refractivity contribution in [2.75, 3.05) is 6.61 Å². The van der Waals surface area contributed by atoms with Gasteiger partial charge in [-0.25, -0.2) is 0 Å². The molecule has 17 heavy (non-hydrogen) atoms. The number of ether oxygens (including phenoxy) is 1. The van der Waals surface area contributed by atoms with Gasteiger partial charge in [0.1, 0.15) is 6.10 Å². The van der Waals surface area contributed by atoms with E-state index in [2.05, 4.69) is 23.5 Å². The van der Waals surface area contributed by atoms with E-state index < -0.39 is 0 Å². The summed E-state index contributed by atoms with van der Waals surface area (Å²) >= 11 is 0. The van der Waals surface area contributed by atoms with Crippen molar-refractivity contribution in [2.24, 2.45) is 0 Å². The van der Waals surface area contributed by atoms with Crippen molar-refractivity contribution in [3.05, 3.63) is 35.4 Å². The van der Waals surface area contributed by atoms with Gasteiger partial charge in [-0.1, -0.05) is 24.3 Å². The number of hydrogen-bond acceptors (Lipinski definition) is 2. The molecule has 1 aliphatic heterocycles. The number of amides is 1. The number of aryl methyl sites for hydroxylation is 1. The second kappa shape index (κ2) is 4.49. The summed E-state index contributed by atoms with van der Waals surface area (Å²) in [5.41, 5.74) is 2.64. The van der Waals surface area contributed by atoms with Crippen LogP contribution < -0.4 is 5.32 Å². The van der Waals surface area contributed by atoms with Crippen molar-refractivity contribution in [1.29, 1.82) is 0 Å². The summed E-state index contributed by atoms with van der Waals surface area (Å²) in [6, 6.07) is 8.54. The maximum atomic E-state index is 12.0. The summed E-state index contributed by atoms with van der Waals surface area (Å²) in [7, 11) is 0. The zero-order valence-electron chi connectivity index (χ0n) is 9.82. The van der Waals surface area contributed by atoms with Gasteiger partial charge in [0, 0.05) is 6.61 Å². The van der Waals surface area contributed by atoms with Crippen LogP contribution in [0, 0.1) is 0 Å². The maximum absolute atomic E-state index is 12.0. The first-order chi connectivity index (χ1) is 8.34. The second-order valence-electron chi connectivity index (χ2n) is 4.80. The molecular weight excluding hydrogens is 214 g/mol. The summed E-state index contributed by atoms with van der Waals surface area (Å²) in [4.78, 5) is 12.0. The summed E-state index contributed by atoms with van der Waals surface area (Å²) in [5.74, 6) is 0.0594. The van der Waals surface area contributed by atoms with Gasteiger partial charge in [-0.2, -0.15) is 0 Å². The van der Waals surface area contributed by atoms with E-state index in [0.717, 1.165) is 32.3 Å². The molecule has 0 saturated carbocycles. The van der Waals surface area contributed by atoms with E-state index in [1.165, 1.54) is 11.1 Å². The van der Waals surface area contributed by atoms with Crippen LogP contribution in [0.1, 0.15) is 36.4 Å². The molecule has 1 fully saturated rings. The van der Waals surface area contributed by atoms with Crippen LogP contribution in [0.4, 0.5) is 0 Å². The SMILES string of the molecule is O=C(NC1CCc2ccccc21)C1CCCO1. The molecule has 1 saturated heterocycles. The number of hydrogen-bond donors (Lipinski definition) is 1. The molecule has 3 heteroatoms. The number of nitrogens with one attached hydrogen (secondary N) is 1. The Bertz CT molecular complexity index is 424. The average Bonchev–Trinajstić information content (AvgIpc) is 2.98. The van der Waals surface area contributed by atoms with E-state index >= 15 is 0 Å². The molecule has 1 heterocycles. The van der Waals surface area contributed by atoms with Gasteiger partial charge < -0.3 is 10.1 Å². The summed E-state index contributed by atoms with van der Waals surface area (Å²) in [6.45, 7) is 0.722. The molecule has 2 aliphatic rings. The predicted molar refractivity (Wildman–Crippen MR) is 64.6 cm³/mol. The first-order valence-corrected chi connectivity index (χ1v) is 6.34. The van der Waals surface area contributed by atoms with E-state index in [-0.39, 0.29) is 18.1 Å². The smallest absolute Gasteiger partial charge is 0.249 e. The van der Waals surface area contributed by atoms with Gasteiger partial charge >= 0.3 is 0 Å². The van der Waals surface area contributed by atoms with Crippen LogP contribution in [-0.2, 0) is 16.0 Å². The third-order valence-electron chi connectivity index (χ3n) is 3.67. The number of benzene rings is 1. The molecule has 1 amide bonds. The molecule has 1 aliphatic carbocycles. The van der Waals surface area contributed by atoms with Crippen LogP contribution >= 0.6 is 0 Å². The van der Waals surface area contributed by atoms with Crippen molar-refractivity contribution in [3.63, 3.8) is 0 Å². The normalized spacial score (nSPS) is 26.8. The van der Waals surface area contributed by atoms with Gasteiger partial charge in [0.05, 0.1) is 6.04 Å². The van der Waals surface area contributed by atoms with E-state index in [1.807, 2.05) is 6.07 Å². The zero-order chi connectivity index (χ0) is 11.7. The molecule has 1 N–H and O–H groups in total. The first-order valence-electron chi connectivity index (χ1n) is 6.34. The molecule has 3 nitrogen and oxygen atoms in total. The van der Waals surface area contributed by atoms with E-state index in [4.69, 9.17) is 4.74 Å². The molecule has 0 bridgehead atoms. The molecule has 0 radical (unpaired) electrons. The van der Waals surface area contributed by atoms with Crippen LogP contribution in [0.25, 0.3) is 0 Å². The van der Waals surface area contributed by atoms with Crippen molar-refractivity contribution >= 4 is 5.91 Å². The topological polar surface area (TPSA) is 38.3 Å². The minimum absolute atomic E-state index is 0.0594. The predicted octanol–water partition coefficient (Wildman–Crippen LogP) is 1.97. The number of rotatable bonds is 2. The Kier molecular flexibility index (Phi) is 2.85. The Morgan fingerprint density at radius 2 is 2.18 bits per heavy atom. The highest BCUT2D eigenvalue weighted by molar-refractivity contribution is 5.81. The van der Waals surface area contributed by atoms with Crippen LogP contribution in [0.15, 0.2) is 24.3 Å². The molecule has 0 aromatic heterocycles. The molecule has 3 rings (SSSR count). The fraction of sp³-hybridized carbons (Fsp3) is 0.500. The van der Waals surface area contributed by atoms with Crippen LogP contribution in [0.3, 0.4) is 0 Å². The summed E-state index contributed by atoms with van der Waals surface area (Å²) in [6.07, 6.45) is 3.71. The van der Waals surface area contributed by atoms with E-state index in [9.17, 15) is 4.79 Å². The standard InChI is InChI=1S/C14H17NO2/c16-14(13-6-3-9-17-13)15-12-8-7-10-4-1-2-5-11(10)12/h1-2,4-5,12-13H,3,6-9H2,(H,15,16). The van der Waals surface area contributed by atoms with Gasteiger partial charge in [0.2, 0.25) is 5.91 Å². The Morgan fingerprint density at radius 1 is 1.29 bits per heavy atom. The van der Waals surface area contributed by atoms with Gasteiger partial charge in [0.15, 0.2) is 0 Å². The van der Waals surface area contributed by atoms with E-state index in [0.29, 0.717) is 0 Å². The second-order valence-corrected chi connectivity index (χ2v) is 4.80. The lowest BCUT2D eigenvalue weighted by molar-refractivity contribution is -0.130. The number of fused-ring (bicyclic) bond motifs is 1. The Balaban J connectivity index is 1.68. The highest BCUT2D eigenvalue weighted by Gasteiger charge is 2.28. The molecule has 2 unspecified atom stereocenters. The quantitative estimate of drug-likeness (QED) is 0.845. The molecule has 2 atom stereocenters. The van der Waals surface area contributed by atoms with Gasteiger partial charge in [-0.05, 0) is 36.8 Å². The Labute approximate surface area is 101 Å². The fourth-order valence-electron chi connectivity index (χ4n) is 2.76. The summed E-state index contributed by atoms with van der Waals surface area (Å²) in [5, 5.41) is 3.11. The Morgan fingerprint density at radius 3 is 3.00 bits per heavy atom. The van der Waals surface area contributed by atoms with Gasteiger partial charge in [0.25, 0.3) is 0 Å². The molecule has 0 spiro atoms. The molecule has 90 valence electrons. The Hall–Kier alpha value is -1.35. The number of carbonyl (C=O) groups is 1. The van der Waals surface area contributed by atoms with Crippen LogP contribution in [0.2, 0.25) is 0 Å². The fourth-order valence-corrected chi connectivity index (χ4v) is 2.76. The van der Waals surface area contributed by atoms with Crippen LogP contribution in [0.5, 0.6) is 0 Å². The largest absolute Gasteiger partial charge is 0.368 e. The summed E-state index contributed by atoms with van der Waals surface area (Å²) < 4.78 is 5.40. The average molecular weight is 231 g/mol. The zero-order valence-corrected chi connectivity index (χ0v) is 9.82. The van der Waals surface area contributed by atoms with E-state index in [1.54, 1.807) is 0 Å². The molecular formula is C14H17NO2. The van der Waals surface area contributed by atoms with Crippen molar-refractivity contribution in [2.45, 2.75) is 37.8 Å².